The molecule has 0 unspecified atom stereocenters. The molecule has 0 spiro atoms. The van der Waals surface area contributed by atoms with Gasteiger partial charge in [0.15, 0.2) is 0 Å². The fourth-order valence-electron chi connectivity index (χ4n) is 5.22. The number of benzene rings is 3. The Morgan fingerprint density at radius 2 is 1.80 bits per heavy atom. The van der Waals surface area contributed by atoms with Gasteiger partial charge in [-0.25, -0.2) is 0 Å². The van der Waals surface area contributed by atoms with Crippen molar-refractivity contribution in [2.45, 2.75) is 25.8 Å². The number of aromatic nitrogens is 1. The van der Waals surface area contributed by atoms with Crippen LogP contribution in [0.15, 0.2) is 79.0 Å². The van der Waals surface area contributed by atoms with E-state index in [1.165, 1.54) is 0 Å². The minimum Gasteiger partial charge on any atom is -0.361 e. The van der Waals surface area contributed by atoms with Gasteiger partial charge >= 0.3 is 0 Å². The Labute approximate surface area is 234 Å². The summed E-state index contributed by atoms with van der Waals surface area (Å²) in [6.45, 7) is 2.96. The third-order valence-electron chi connectivity index (χ3n) is 7.37. The average Bonchev–Trinajstić information content (AvgIpc) is 3.59. The molecule has 0 aliphatic carbocycles. The molecule has 0 bridgehead atoms. The molecule has 206 valence electrons. The highest BCUT2D eigenvalue weighted by Crippen LogP contribution is 2.24. The van der Waals surface area contributed by atoms with E-state index in [-0.39, 0.29) is 24.1 Å². The molecule has 2 heterocycles. The van der Waals surface area contributed by atoms with Gasteiger partial charge in [-0.2, -0.15) is 0 Å². The summed E-state index contributed by atoms with van der Waals surface area (Å²) in [5.74, 6) is 0.00995. The number of nitrogens with two attached hydrogens (primary N) is 1. The zero-order valence-corrected chi connectivity index (χ0v) is 22.6. The first-order valence-corrected chi connectivity index (χ1v) is 13.8. The molecular formula is C32H35N5O3. The minimum absolute atomic E-state index is 0.0142. The van der Waals surface area contributed by atoms with Crippen LogP contribution in [-0.2, 0) is 22.6 Å². The summed E-state index contributed by atoms with van der Waals surface area (Å²) in [6, 6.07) is 23.5. The molecule has 0 radical (unpaired) electrons. The van der Waals surface area contributed by atoms with E-state index in [9.17, 15) is 14.4 Å². The lowest BCUT2D eigenvalue weighted by Crippen LogP contribution is -2.39. The predicted octanol–water partition coefficient (Wildman–Crippen LogP) is 3.72. The highest BCUT2D eigenvalue weighted by atomic mass is 16.2. The fourth-order valence-corrected chi connectivity index (χ4v) is 5.22. The molecule has 8 nitrogen and oxygen atoms in total. The molecule has 1 aromatic heterocycles. The van der Waals surface area contributed by atoms with E-state index in [0.29, 0.717) is 44.7 Å². The van der Waals surface area contributed by atoms with Crippen molar-refractivity contribution in [3.05, 3.63) is 95.7 Å². The van der Waals surface area contributed by atoms with Crippen LogP contribution < -0.4 is 11.1 Å². The number of carbonyl (C=O) groups excluding carboxylic acids is 3. The van der Waals surface area contributed by atoms with Crippen LogP contribution in [0.2, 0.25) is 0 Å². The maximum atomic E-state index is 13.7. The van der Waals surface area contributed by atoms with E-state index in [1.54, 1.807) is 6.07 Å². The van der Waals surface area contributed by atoms with Gasteiger partial charge in [-0.3, -0.25) is 14.4 Å². The Bertz CT molecular complexity index is 1510. The summed E-state index contributed by atoms with van der Waals surface area (Å²) in [7, 11) is 0. The van der Waals surface area contributed by atoms with E-state index in [1.807, 2.05) is 76.7 Å². The van der Waals surface area contributed by atoms with Gasteiger partial charge in [-0.1, -0.05) is 48.5 Å². The molecule has 5 rings (SSSR count). The molecule has 4 N–H and O–H groups in total. The van der Waals surface area contributed by atoms with Crippen molar-refractivity contribution < 1.29 is 14.4 Å². The molecule has 8 heteroatoms. The predicted molar refractivity (Wildman–Crippen MR) is 156 cm³/mol. The average molecular weight is 538 g/mol. The lowest BCUT2D eigenvalue weighted by atomic mass is 10.0. The van der Waals surface area contributed by atoms with Crippen molar-refractivity contribution in [3.8, 4) is 11.1 Å². The largest absolute Gasteiger partial charge is 0.361 e. The number of H-pyrrole nitrogens is 1. The van der Waals surface area contributed by atoms with Crippen LogP contribution in [0.5, 0.6) is 0 Å². The molecule has 1 aliphatic heterocycles. The maximum Gasteiger partial charge on any atom is 0.251 e. The van der Waals surface area contributed by atoms with Gasteiger partial charge in [-0.15, -0.1) is 0 Å². The van der Waals surface area contributed by atoms with Crippen LogP contribution >= 0.6 is 0 Å². The normalized spacial score (nSPS) is 13.1. The molecule has 4 aromatic rings. The number of carbonyl (C=O) groups is 3. The first kappa shape index (κ1) is 27.1. The molecule has 3 amide bonds. The third kappa shape index (κ3) is 6.40. The van der Waals surface area contributed by atoms with Gasteiger partial charge < -0.3 is 25.8 Å². The van der Waals surface area contributed by atoms with Gasteiger partial charge in [0.05, 0.1) is 6.42 Å². The number of amides is 3. The maximum absolute atomic E-state index is 13.7. The van der Waals surface area contributed by atoms with Crippen LogP contribution in [0.25, 0.3) is 22.0 Å². The number of rotatable bonds is 11. The summed E-state index contributed by atoms with van der Waals surface area (Å²) in [6.07, 6.45) is 3.63. The molecule has 0 saturated carbocycles. The second kappa shape index (κ2) is 12.6. The number of para-hydroxylation sites is 1. The molecule has 1 fully saturated rings. The number of nitrogens with one attached hydrogen (secondary N) is 2. The van der Waals surface area contributed by atoms with E-state index in [2.05, 4.69) is 16.4 Å². The van der Waals surface area contributed by atoms with Gasteiger partial charge in [-0.05, 0) is 52.9 Å². The van der Waals surface area contributed by atoms with Crippen LogP contribution in [0, 0.1) is 0 Å². The zero-order chi connectivity index (χ0) is 27.9. The third-order valence-corrected chi connectivity index (χ3v) is 7.37. The lowest BCUT2D eigenvalue weighted by molar-refractivity contribution is -0.133. The fraction of sp³-hybridized carbons (Fsp3) is 0.281. The van der Waals surface area contributed by atoms with Crippen molar-refractivity contribution in [1.29, 1.82) is 0 Å². The monoisotopic (exact) mass is 537 g/mol. The second-order valence-electron chi connectivity index (χ2n) is 10.2. The number of hydrogen-bond acceptors (Lipinski definition) is 4. The Hall–Kier alpha value is -4.43. The highest BCUT2D eigenvalue weighted by Gasteiger charge is 2.23. The second-order valence-corrected chi connectivity index (χ2v) is 10.2. The van der Waals surface area contributed by atoms with Crippen molar-refractivity contribution in [2.75, 3.05) is 32.7 Å². The van der Waals surface area contributed by atoms with Gasteiger partial charge in [0.25, 0.3) is 5.91 Å². The quantitative estimate of drug-likeness (QED) is 0.271. The van der Waals surface area contributed by atoms with E-state index < -0.39 is 0 Å². The van der Waals surface area contributed by atoms with E-state index in [0.717, 1.165) is 46.1 Å². The van der Waals surface area contributed by atoms with E-state index >= 15 is 0 Å². The van der Waals surface area contributed by atoms with Crippen molar-refractivity contribution in [3.63, 3.8) is 0 Å². The number of aromatic amines is 1. The highest BCUT2D eigenvalue weighted by molar-refractivity contribution is 5.95. The van der Waals surface area contributed by atoms with Crippen LogP contribution in [-0.4, -0.2) is 65.2 Å². The van der Waals surface area contributed by atoms with Crippen molar-refractivity contribution in [2.24, 2.45) is 5.73 Å². The minimum atomic E-state index is -0.158. The SMILES string of the molecule is NCCNC(=O)c1cccc(-c2cccc(CN(CCN3CCCC3=O)C(=O)Cc3c[nH]c4ccccc34)c2)c1. The Kier molecular flexibility index (Phi) is 8.56. The van der Waals surface area contributed by atoms with Crippen LogP contribution in [0.1, 0.15) is 34.3 Å². The Morgan fingerprint density at radius 3 is 2.60 bits per heavy atom. The Morgan fingerprint density at radius 1 is 1.00 bits per heavy atom. The lowest BCUT2D eigenvalue weighted by Gasteiger charge is -2.26. The summed E-state index contributed by atoms with van der Waals surface area (Å²) < 4.78 is 0. The number of hydrogen-bond donors (Lipinski definition) is 3. The van der Waals surface area contributed by atoms with Gasteiger partial charge in [0, 0.05) is 68.4 Å². The zero-order valence-electron chi connectivity index (χ0n) is 22.6. The van der Waals surface area contributed by atoms with Crippen LogP contribution in [0.4, 0.5) is 0 Å². The summed E-state index contributed by atoms with van der Waals surface area (Å²) in [4.78, 5) is 45.3. The van der Waals surface area contributed by atoms with Crippen LogP contribution in [0.3, 0.4) is 0 Å². The molecular weight excluding hydrogens is 502 g/mol. The van der Waals surface area contributed by atoms with Gasteiger partial charge in [0.1, 0.15) is 0 Å². The van der Waals surface area contributed by atoms with E-state index in [4.69, 9.17) is 5.73 Å². The smallest absolute Gasteiger partial charge is 0.251 e. The number of nitrogens with zero attached hydrogens (tertiary/aromatic N) is 2. The summed E-state index contributed by atoms with van der Waals surface area (Å²) >= 11 is 0. The Balaban J connectivity index is 1.35. The topological polar surface area (TPSA) is 112 Å². The van der Waals surface area contributed by atoms with Gasteiger partial charge in [0.2, 0.25) is 11.8 Å². The van der Waals surface area contributed by atoms with Crippen molar-refractivity contribution >= 4 is 28.6 Å². The molecule has 3 aromatic carbocycles. The number of likely N-dealkylation sites (tertiary alicyclic amines) is 1. The first-order chi connectivity index (χ1) is 19.5. The number of fused-ring (bicyclic) bond motifs is 1. The molecule has 1 saturated heterocycles. The molecule has 1 aliphatic rings. The molecule has 40 heavy (non-hydrogen) atoms. The summed E-state index contributed by atoms with van der Waals surface area (Å²) in [5.41, 5.74) is 10.9. The first-order valence-electron chi connectivity index (χ1n) is 13.8. The standard InChI is InChI=1S/C32H35N5O3/c33-13-14-34-32(40)26-9-4-8-25(19-26)24-7-3-6-23(18-24)22-37(17-16-36-15-5-12-30(36)38)31(39)20-27-21-35-29-11-2-1-10-28(27)29/h1-4,6-11,18-19,21,35H,5,12-17,20,22,33H2,(H,34,40). The summed E-state index contributed by atoms with van der Waals surface area (Å²) in [5, 5.41) is 3.85. The van der Waals surface area contributed by atoms with Crippen molar-refractivity contribution in [1.82, 2.24) is 20.1 Å². The molecule has 0 atom stereocenters.